The summed E-state index contributed by atoms with van der Waals surface area (Å²) in [4.78, 5) is 14.9. The van der Waals surface area contributed by atoms with Crippen molar-refractivity contribution in [2.45, 2.75) is 26.3 Å². The lowest BCUT2D eigenvalue weighted by atomic mass is 10.4. The average Bonchev–Trinajstić information content (AvgIpc) is 2.36. The van der Waals surface area contributed by atoms with Crippen LogP contribution in [0.25, 0.3) is 0 Å². The van der Waals surface area contributed by atoms with Crippen LogP contribution in [0.4, 0.5) is 17.8 Å². The maximum Gasteiger partial charge on any atom is 0.231 e. The molecule has 7 nitrogen and oxygen atoms in total. The summed E-state index contributed by atoms with van der Waals surface area (Å²) >= 11 is 0. The Labute approximate surface area is 114 Å². The second kappa shape index (κ2) is 7.73. The van der Waals surface area contributed by atoms with Gasteiger partial charge in [0, 0.05) is 33.8 Å². The van der Waals surface area contributed by atoms with E-state index in [1.165, 1.54) is 0 Å². The van der Waals surface area contributed by atoms with Gasteiger partial charge in [0.1, 0.15) is 0 Å². The summed E-state index contributed by atoms with van der Waals surface area (Å²) in [6, 6.07) is 0.140. The van der Waals surface area contributed by atoms with Crippen molar-refractivity contribution in [1.82, 2.24) is 15.0 Å². The predicted molar refractivity (Wildman–Crippen MR) is 77.9 cm³/mol. The van der Waals surface area contributed by atoms with E-state index >= 15 is 0 Å². The van der Waals surface area contributed by atoms with E-state index in [2.05, 4.69) is 32.5 Å². The number of methoxy groups -OCH3 is 1. The van der Waals surface area contributed by atoms with Crippen molar-refractivity contribution >= 4 is 17.8 Å². The number of rotatable bonds is 8. The van der Waals surface area contributed by atoms with Crippen molar-refractivity contribution in [3.05, 3.63) is 0 Å². The van der Waals surface area contributed by atoms with Crippen molar-refractivity contribution in [2.75, 3.05) is 49.9 Å². The zero-order chi connectivity index (χ0) is 14.3. The highest BCUT2D eigenvalue weighted by atomic mass is 16.5. The van der Waals surface area contributed by atoms with Crippen LogP contribution in [0, 0.1) is 0 Å². The normalized spacial score (nSPS) is 12.1. The first-order valence-electron chi connectivity index (χ1n) is 6.49. The molecule has 1 aromatic rings. The van der Waals surface area contributed by atoms with E-state index in [9.17, 15) is 0 Å². The third-order valence-electron chi connectivity index (χ3n) is 2.35. The third-order valence-corrected chi connectivity index (χ3v) is 2.35. The number of aromatic nitrogens is 3. The Morgan fingerprint density at radius 2 is 1.89 bits per heavy atom. The molecule has 108 valence electrons. The van der Waals surface area contributed by atoms with Gasteiger partial charge in [-0.1, -0.05) is 6.92 Å². The third kappa shape index (κ3) is 5.25. The molecule has 0 radical (unpaired) electrons. The van der Waals surface area contributed by atoms with Crippen LogP contribution in [0.2, 0.25) is 0 Å². The van der Waals surface area contributed by atoms with E-state index < -0.39 is 0 Å². The second-order valence-corrected chi connectivity index (χ2v) is 4.60. The van der Waals surface area contributed by atoms with E-state index in [0.717, 1.165) is 13.0 Å². The first kappa shape index (κ1) is 15.4. The van der Waals surface area contributed by atoms with Crippen molar-refractivity contribution in [2.24, 2.45) is 0 Å². The van der Waals surface area contributed by atoms with Gasteiger partial charge >= 0.3 is 0 Å². The van der Waals surface area contributed by atoms with Crippen LogP contribution < -0.4 is 15.5 Å². The minimum Gasteiger partial charge on any atom is -0.383 e. The zero-order valence-corrected chi connectivity index (χ0v) is 12.4. The van der Waals surface area contributed by atoms with Gasteiger partial charge in [-0.15, -0.1) is 0 Å². The number of ether oxygens (including phenoxy) is 1. The Kier molecular flexibility index (Phi) is 6.27. The van der Waals surface area contributed by atoms with Gasteiger partial charge in [-0.25, -0.2) is 0 Å². The fourth-order valence-electron chi connectivity index (χ4n) is 1.46. The van der Waals surface area contributed by atoms with Gasteiger partial charge in [-0.2, -0.15) is 15.0 Å². The van der Waals surface area contributed by atoms with Gasteiger partial charge in [-0.05, 0) is 13.3 Å². The van der Waals surface area contributed by atoms with Gasteiger partial charge in [-0.3, -0.25) is 0 Å². The summed E-state index contributed by atoms with van der Waals surface area (Å²) < 4.78 is 5.09. The molecule has 0 aliphatic carbocycles. The molecule has 0 aliphatic rings. The van der Waals surface area contributed by atoms with E-state index in [1.54, 1.807) is 7.11 Å². The molecule has 7 heteroatoms. The molecule has 0 amide bonds. The summed E-state index contributed by atoms with van der Waals surface area (Å²) in [7, 11) is 5.48. The highest BCUT2D eigenvalue weighted by molar-refractivity contribution is 5.43. The van der Waals surface area contributed by atoms with Crippen LogP contribution in [0.3, 0.4) is 0 Å². The Morgan fingerprint density at radius 1 is 1.21 bits per heavy atom. The van der Waals surface area contributed by atoms with E-state index in [-0.39, 0.29) is 6.04 Å². The van der Waals surface area contributed by atoms with Crippen LogP contribution >= 0.6 is 0 Å². The molecule has 0 saturated carbocycles. The SMILES string of the molecule is CCCNc1nc(NC(C)COC)nc(N(C)C)n1. The van der Waals surface area contributed by atoms with Gasteiger partial charge < -0.3 is 20.3 Å². The Bertz CT molecular complexity index is 384. The monoisotopic (exact) mass is 268 g/mol. The first-order chi connectivity index (χ1) is 9.06. The number of anilines is 3. The molecule has 1 aromatic heterocycles. The lowest BCUT2D eigenvalue weighted by Crippen LogP contribution is -2.24. The fraction of sp³-hybridized carbons (Fsp3) is 0.750. The number of nitrogens with one attached hydrogen (secondary N) is 2. The molecular formula is C12H24N6O. The van der Waals surface area contributed by atoms with Crippen molar-refractivity contribution in [3.8, 4) is 0 Å². The van der Waals surface area contributed by atoms with Crippen LogP contribution in [0.5, 0.6) is 0 Å². The maximum absolute atomic E-state index is 5.09. The summed E-state index contributed by atoms with van der Waals surface area (Å²) in [5, 5.41) is 6.38. The van der Waals surface area contributed by atoms with E-state index in [0.29, 0.717) is 24.5 Å². The van der Waals surface area contributed by atoms with Gasteiger partial charge in [0.15, 0.2) is 0 Å². The topological polar surface area (TPSA) is 75.2 Å². The summed E-state index contributed by atoms with van der Waals surface area (Å²) in [6.07, 6.45) is 1.02. The highest BCUT2D eigenvalue weighted by Gasteiger charge is 2.10. The molecule has 1 atom stereocenters. The lowest BCUT2D eigenvalue weighted by molar-refractivity contribution is 0.190. The molecule has 19 heavy (non-hydrogen) atoms. The molecule has 0 fully saturated rings. The molecule has 0 bridgehead atoms. The molecule has 0 spiro atoms. The lowest BCUT2D eigenvalue weighted by Gasteiger charge is -2.16. The largest absolute Gasteiger partial charge is 0.383 e. The van der Waals surface area contributed by atoms with Crippen LogP contribution in [0.15, 0.2) is 0 Å². The molecule has 1 unspecified atom stereocenters. The number of hydrogen-bond acceptors (Lipinski definition) is 7. The number of hydrogen-bond donors (Lipinski definition) is 2. The standard InChI is InChI=1S/C12H24N6O/c1-6-7-13-10-15-11(14-9(2)8-19-5)17-12(16-10)18(3)4/h9H,6-8H2,1-5H3,(H2,13,14,15,16,17). The second-order valence-electron chi connectivity index (χ2n) is 4.60. The fourth-order valence-corrected chi connectivity index (χ4v) is 1.46. The molecule has 0 aromatic carbocycles. The highest BCUT2D eigenvalue weighted by Crippen LogP contribution is 2.12. The van der Waals surface area contributed by atoms with Crippen LogP contribution in [0.1, 0.15) is 20.3 Å². The smallest absolute Gasteiger partial charge is 0.231 e. The Hall–Kier alpha value is -1.63. The summed E-state index contributed by atoms with van der Waals surface area (Å²) in [5.41, 5.74) is 0. The van der Waals surface area contributed by atoms with Crippen molar-refractivity contribution in [3.63, 3.8) is 0 Å². The van der Waals surface area contributed by atoms with E-state index in [1.807, 2.05) is 25.9 Å². The average molecular weight is 268 g/mol. The maximum atomic E-state index is 5.09. The van der Waals surface area contributed by atoms with Crippen LogP contribution in [-0.4, -0.2) is 55.4 Å². The zero-order valence-electron chi connectivity index (χ0n) is 12.4. The van der Waals surface area contributed by atoms with E-state index in [4.69, 9.17) is 4.74 Å². The minimum absolute atomic E-state index is 0.140. The van der Waals surface area contributed by atoms with Gasteiger partial charge in [0.25, 0.3) is 0 Å². The molecule has 2 N–H and O–H groups in total. The van der Waals surface area contributed by atoms with Crippen molar-refractivity contribution < 1.29 is 4.74 Å². The van der Waals surface area contributed by atoms with Gasteiger partial charge in [0.05, 0.1) is 6.61 Å². The van der Waals surface area contributed by atoms with Gasteiger partial charge in [0.2, 0.25) is 17.8 Å². The molecule has 0 saturated heterocycles. The predicted octanol–water partition coefficient (Wildman–Crippen LogP) is 1.21. The molecular weight excluding hydrogens is 244 g/mol. The Morgan fingerprint density at radius 3 is 2.47 bits per heavy atom. The first-order valence-corrected chi connectivity index (χ1v) is 6.49. The Balaban J connectivity index is 2.86. The summed E-state index contributed by atoms with van der Waals surface area (Å²) in [5.74, 6) is 1.77. The molecule has 1 rings (SSSR count). The van der Waals surface area contributed by atoms with Crippen molar-refractivity contribution in [1.29, 1.82) is 0 Å². The minimum atomic E-state index is 0.140. The molecule has 1 heterocycles. The number of nitrogens with zero attached hydrogens (tertiary/aromatic N) is 4. The quantitative estimate of drug-likeness (QED) is 0.734. The van der Waals surface area contributed by atoms with Crippen LogP contribution in [-0.2, 0) is 4.74 Å². The molecule has 0 aliphatic heterocycles. The summed E-state index contributed by atoms with van der Waals surface area (Å²) in [6.45, 7) is 5.55.